The molecule has 0 radical (unpaired) electrons. The summed E-state index contributed by atoms with van der Waals surface area (Å²) in [5.41, 5.74) is 12.0. The minimum Gasteiger partial charge on any atom is -0.264 e. The highest BCUT2D eigenvalue weighted by molar-refractivity contribution is 6.22. The zero-order valence-corrected chi connectivity index (χ0v) is 28.5. The fourth-order valence-electron chi connectivity index (χ4n) is 8.01. The first-order valence-corrected chi connectivity index (χ1v) is 17.9. The number of benzene rings is 9. The highest BCUT2D eigenvalue weighted by Crippen LogP contribution is 2.46. The van der Waals surface area contributed by atoms with Crippen LogP contribution in [0.15, 0.2) is 200 Å². The van der Waals surface area contributed by atoms with Gasteiger partial charge in [-0.05, 0) is 117 Å². The fraction of sp³-hybridized carbons (Fsp3) is 0. The number of nitrogens with zero attached hydrogens (tertiary/aromatic N) is 1. The molecule has 0 unspecified atom stereocenters. The molecule has 10 rings (SSSR count). The topological polar surface area (TPSA) is 12.9 Å². The second-order valence-corrected chi connectivity index (χ2v) is 13.5. The largest absolute Gasteiger partial charge is 0.264 e. The summed E-state index contributed by atoms with van der Waals surface area (Å²) < 4.78 is 0. The summed E-state index contributed by atoms with van der Waals surface area (Å²) in [5, 5.41) is 10.0. The fourth-order valence-corrected chi connectivity index (χ4v) is 8.01. The molecule has 0 amide bonds. The van der Waals surface area contributed by atoms with E-state index in [1.54, 1.807) is 0 Å². The van der Waals surface area contributed by atoms with Crippen LogP contribution in [0.1, 0.15) is 0 Å². The average molecular weight is 660 g/mol. The highest BCUT2D eigenvalue weighted by atomic mass is 14.6. The molecule has 0 atom stereocenters. The monoisotopic (exact) mass is 659 g/mol. The zero-order valence-electron chi connectivity index (χ0n) is 28.5. The molecule has 0 fully saturated rings. The Kier molecular flexibility index (Phi) is 7.22. The Bertz CT molecular complexity index is 2940. The maximum absolute atomic E-state index is 4.49. The molecular weight excluding hydrogens is 627 g/mol. The van der Waals surface area contributed by atoms with E-state index in [1.807, 2.05) is 12.4 Å². The molecule has 0 saturated carbocycles. The molecule has 0 bridgehead atoms. The summed E-state index contributed by atoms with van der Waals surface area (Å²) in [6.45, 7) is 0. The molecule has 52 heavy (non-hydrogen) atoms. The van der Waals surface area contributed by atoms with Gasteiger partial charge in [0.05, 0.1) is 0 Å². The van der Waals surface area contributed by atoms with E-state index in [0.717, 1.165) is 11.1 Å². The lowest BCUT2D eigenvalue weighted by molar-refractivity contribution is 1.33. The minimum absolute atomic E-state index is 1.13. The van der Waals surface area contributed by atoms with Crippen LogP contribution in [0.5, 0.6) is 0 Å². The van der Waals surface area contributed by atoms with Gasteiger partial charge in [0.2, 0.25) is 0 Å². The Morgan fingerprint density at radius 2 is 0.750 bits per heavy atom. The third kappa shape index (κ3) is 5.14. The van der Waals surface area contributed by atoms with Crippen molar-refractivity contribution in [3.05, 3.63) is 200 Å². The first-order chi connectivity index (χ1) is 25.8. The number of hydrogen-bond donors (Lipinski definition) is 0. The van der Waals surface area contributed by atoms with Crippen LogP contribution in [0, 0.1) is 0 Å². The van der Waals surface area contributed by atoms with E-state index in [9.17, 15) is 0 Å². The molecule has 10 aromatic rings. The van der Waals surface area contributed by atoms with Crippen LogP contribution in [0.4, 0.5) is 0 Å². The van der Waals surface area contributed by atoms with Gasteiger partial charge >= 0.3 is 0 Å². The lowest BCUT2D eigenvalue weighted by atomic mass is 9.84. The van der Waals surface area contributed by atoms with Crippen LogP contribution < -0.4 is 0 Å². The predicted octanol–water partition coefficient (Wildman–Crippen LogP) is 14.0. The van der Waals surface area contributed by atoms with E-state index in [0.29, 0.717) is 0 Å². The Morgan fingerprint density at radius 1 is 0.269 bits per heavy atom. The Morgan fingerprint density at radius 3 is 1.40 bits per heavy atom. The number of hydrogen-bond acceptors (Lipinski definition) is 1. The number of pyridine rings is 1. The molecule has 0 aliphatic rings. The lowest BCUT2D eigenvalue weighted by Crippen LogP contribution is -1.92. The van der Waals surface area contributed by atoms with Crippen molar-refractivity contribution >= 4 is 43.1 Å². The molecule has 0 aliphatic carbocycles. The molecule has 9 aromatic carbocycles. The maximum Gasteiger partial charge on any atom is 0.0352 e. The molecular formula is C51H33N. The lowest BCUT2D eigenvalue weighted by Gasteiger charge is -2.19. The van der Waals surface area contributed by atoms with Crippen molar-refractivity contribution in [1.82, 2.24) is 4.98 Å². The third-order valence-electron chi connectivity index (χ3n) is 10.5. The van der Waals surface area contributed by atoms with E-state index in [1.165, 1.54) is 87.6 Å². The summed E-state index contributed by atoms with van der Waals surface area (Å²) in [7, 11) is 0. The van der Waals surface area contributed by atoms with Gasteiger partial charge in [-0.3, -0.25) is 4.98 Å². The molecule has 0 aliphatic heterocycles. The number of aromatic nitrogens is 1. The number of fused-ring (bicyclic) bond motifs is 4. The summed E-state index contributed by atoms with van der Waals surface area (Å²) in [4.78, 5) is 4.49. The van der Waals surface area contributed by atoms with Crippen molar-refractivity contribution in [2.24, 2.45) is 0 Å². The summed E-state index contributed by atoms with van der Waals surface area (Å²) >= 11 is 0. The van der Waals surface area contributed by atoms with Gasteiger partial charge in [0.25, 0.3) is 0 Å². The van der Waals surface area contributed by atoms with Gasteiger partial charge in [0.1, 0.15) is 0 Å². The summed E-state index contributed by atoms with van der Waals surface area (Å²) in [5.74, 6) is 0. The van der Waals surface area contributed by atoms with Crippen molar-refractivity contribution in [2.45, 2.75) is 0 Å². The van der Waals surface area contributed by atoms with Gasteiger partial charge in [-0.15, -0.1) is 0 Å². The highest BCUT2D eigenvalue weighted by Gasteiger charge is 2.18. The molecule has 0 saturated heterocycles. The van der Waals surface area contributed by atoms with Crippen molar-refractivity contribution in [3.63, 3.8) is 0 Å². The zero-order chi connectivity index (χ0) is 34.4. The Hall–Kier alpha value is -6.83. The Balaban J connectivity index is 1.19. The van der Waals surface area contributed by atoms with Gasteiger partial charge in [-0.25, -0.2) is 0 Å². The average Bonchev–Trinajstić information content (AvgIpc) is 3.22. The van der Waals surface area contributed by atoms with E-state index < -0.39 is 0 Å². The Labute approximate surface area is 303 Å². The quantitative estimate of drug-likeness (QED) is 0.168. The van der Waals surface area contributed by atoms with Crippen LogP contribution in [-0.2, 0) is 0 Å². The van der Waals surface area contributed by atoms with E-state index in [4.69, 9.17) is 0 Å². The van der Waals surface area contributed by atoms with Crippen molar-refractivity contribution in [2.75, 3.05) is 0 Å². The van der Waals surface area contributed by atoms with Crippen LogP contribution in [0.3, 0.4) is 0 Å². The van der Waals surface area contributed by atoms with Crippen molar-refractivity contribution < 1.29 is 0 Å². The van der Waals surface area contributed by atoms with E-state index in [-0.39, 0.29) is 0 Å². The molecule has 1 aromatic heterocycles. The minimum atomic E-state index is 1.13. The predicted molar refractivity (Wildman–Crippen MR) is 221 cm³/mol. The normalized spacial score (nSPS) is 11.5. The summed E-state index contributed by atoms with van der Waals surface area (Å²) in [6.07, 6.45) is 3.85. The first kappa shape index (κ1) is 30.0. The first-order valence-electron chi connectivity index (χ1n) is 17.9. The number of rotatable bonds is 5. The standard InChI is InChI=1S/C51H33N/c1-2-12-37(13-3-1)44-28-29-52-33-49(44)38-22-18-36(19-23-38)41-26-27-47-48(32-41)51(43-25-21-35-11-5-7-15-40(35)31-43)46-17-9-8-16-45(46)50(47)42-24-20-34-10-4-6-14-39(34)30-42/h1-33H. The van der Waals surface area contributed by atoms with Crippen molar-refractivity contribution in [1.29, 1.82) is 0 Å². The van der Waals surface area contributed by atoms with Crippen LogP contribution in [-0.4, -0.2) is 4.98 Å². The van der Waals surface area contributed by atoms with E-state index >= 15 is 0 Å². The second-order valence-electron chi connectivity index (χ2n) is 13.5. The van der Waals surface area contributed by atoms with Crippen LogP contribution in [0.25, 0.3) is 98.7 Å². The smallest absolute Gasteiger partial charge is 0.0352 e. The molecule has 0 spiro atoms. The van der Waals surface area contributed by atoms with Gasteiger partial charge in [-0.2, -0.15) is 0 Å². The molecule has 1 heterocycles. The van der Waals surface area contributed by atoms with E-state index in [2.05, 4.69) is 193 Å². The third-order valence-corrected chi connectivity index (χ3v) is 10.5. The second kappa shape index (κ2) is 12.5. The molecule has 242 valence electrons. The van der Waals surface area contributed by atoms with Crippen molar-refractivity contribution in [3.8, 4) is 55.6 Å². The van der Waals surface area contributed by atoms with Crippen LogP contribution in [0.2, 0.25) is 0 Å². The van der Waals surface area contributed by atoms with Crippen LogP contribution >= 0.6 is 0 Å². The maximum atomic E-state index is 4.49. The molecule has 1 heteroatoms. The molecule has 0 N–H and O–H groups in total. The summed E-state index contributed by atoms with van der Waals surface area (Å²) in [6, 6.07) is 68.6. The van der Waals surface area contributed by atoms with Gasteiger partial charge in [-0.1, -0.05) is 164 Å². The SMILES string of the molecule is c1ccc(-c2ccncc2-c2ccc(-c3ccc4c(-c5ccc6ccccc6c5)c5ccccc5c(-c5ccc6ccccc6c5)c4c3)cc2)cc1. The van der Waals surface area contributed by atoms with Gasteiger partial charge in [0, 0.05) is 18.0 Å². The van der Waals surface area contributed by atoms with Gasteiger partial charge in [0.15, 0.2) is 0 Å². The van der Waals surface area contributed by atoms with Gasteiger partial charge < -0.3 is 0 Å². The molecule has 1 nitrogen and oxygen atoms in total.